The predicted molar refractivity (Wildman–Crippen MR) is 73.2 cm³/mol. The molecule has 1 saturated heterocycles. The average Bonchev–Trinajstić information content (AvgIpc) is 2.33. The summed E-state index contributed by atoms with van der Waals surface area (Å²) >= 11 is 6.25. The molecule has 2 nitrogen and oxygen atoms in total. The Kier molecular flexibility index (Phi) is 2.80. The summed E-state index contributed by atoms with van der Waals surface area (Å²) in [4.78, 5) is 2.38. The van der Waals surface area contributed by atoms with Gasteiger partial charge in [-0.25, -0.2) is 0 Å². The lowest BCUT2D eigenvalue weighted by Gasteiger charge is -2.43. The zero-order valence-corrected chi connectivity index (χ0v) is 11.2. The minimum absolute atomic E-state index is 0.721. The number of hydrogen-bond donors (Lipinski definition) is 1. The van der Waals surface area contributed by atoms with Gasteiger partial charge in [0, 0.05) is 30.8 Å². The Morgan fingerprint density at radius 3 is 3.06 bits per heavy atom. The summed E-state index contributed by atoms with van der Waals surface area (Å²) in [5.41, 5.74) is 4.12. The maximum atomic E-state index is 6.25. The van der Waals surface area contributed by atoms with Crippen molar-refractivity contribution in [3.05, 3.63) is 28.3 Å². The number of rotatable bonds is 0. The van der Waals surface area contributed by atoms with Crippen molar-refractivity contribution in [2.45, 2.75) is 19.3 Å². The Morgan fingerprint density at radius 2 is 2.24 bits per heavy atom. The Morgan fingerprint density at radius 1 is 1.41 bits per heavy atom. The van der Waals surface area contributed by atoms with Crippen molar-refractivity contribution >= 4 is 17.3 Å². The molecule has 17 heavy (non-hydrogen) atoms. The van der Waals surface area contributed by atoms with Crippen LogP contribution in [-0.2, 0) is 0 Å². The highest BCUT2D eigenvalue weighted by Gasteiger charge is 2.34. The molecule has 1 fully saturated rings. The molecule has 0 aliphatic carbocycles. The van der Waals surface area contributed by atoms with E-state index in [0.29, 0.717) is 0 Å². The summed E-state index contributed by atoms with van der Waals surface area (Å²) in [6.07, 6.45) is 1.26. The second-order valence-electron chi connectivity index (χ2n) is 5.35. The first kappa shape index (κ1) is 11.4. The van der Waals surface area contributed by atoms with Gasteiger partial charge >= 0.3 is 0 Å². The largest absolute Gasteiger partial charge is 0.374 e. The summed E-state index contributed by atoms with van der Waals surface area (Å²) in [5, 5.41) is 4.40. The fourth-order valence-corrected chi connectivity index (χ4v) is 3.62. The van der Waals surface area contributed by atoms with E-state index in [1.165, 1.54) is 23.2 Å². The van der Waals surface area contributed by atoms with E-state index in [-0.39, 0.29) is 0 Å². The van der Waals surface area contributed by atoms with Crippen LogP contribution >= 0.6 is 11.6 Å². The van der Waals surface area contributed by atoms with E-state index in [1.54, 1.807) is 0 Å². The molecule has 2 atom stereocenters. The molecule has 3 rings (SSSR count). The number of hydrogen-bond acceptors (Lipinski definition) is 2. The minimum atomic E-state index is 0.721. The number of anilines is 1. The van der Waals surface area contributed by atoms with Crippen LogP contribution in [0.2, 0.25) is 5.02 Å². The monoisotopic (exact) mass is 250 g/mol. The molecule has 92 valence electrons. The van der Waals surface area contributed by atoms with Crippen molar-refractivity contribution in [2.24, 2.45) is 5.92 Å². The second kappa shape index (κ2) is 4.18. The first-order valence-electron chi connectivity index (χ1n) is 6.39. The Hall–Kier alpha value is -0.730. The van der Waals surface area contributed by atoms with Crippen LogP contribution < -0.4 is 10.2 Å². The summed E-state index contributed by atoms with van der Waals surface area (Å²) in [7, 11) is 2.19. The van der Waals surface area contributed by atoms with Gasteiger partial charge < -0.3 is 10.2 Å². The van der Waals surface area contributed by atoms with Gasteiger partial charge in [-0.1, -0.05) is 17.7 Å². The molecule has 0 spiro atoms. The van der Waals surface area contributed by atoms with Gasteiger partial charge in [0.15, 0.2) is 0 Å². The van der Waals surface area contributed by atoms with Crippen LogP contribution in [0.1, 0.15) is 23.5 Å². The van der Waals surface area contributed by atoms with E-state index in [4.69, 9.17) is 11.6 Å². The Bertz CT molecular complexity index is 444. The minimum Gasteiger partial charge on any atom is -0.374 e. The molecular formula is C14H19ClN2. The number of fused-ring (bicyclic) bond motifs is 3. The van der Waals surface area contributed by atoms with Gasteiger partial charge in [0.1, 0.15) is 0 Å². The molecule has 1 N–H and O–H groups in total. The van der Waals surface area contributed by atoms with E-state index in [9.17, 15) is 0 Å². The van der Waals surface area contributed by atoms with Crippen LogP contribution in [0.25, 0.3) is 0 Å². The smallest absolute Gasteiger partial charge is 0.0456 e. The molecule has 0 saturated carbocycles. The number of halogens is 1. The van der Waals surface area contributed by atoms with Crippen molar-refractivity contribution in [3.8, 4) is 0 Å². The maximum Gasteiger partial charge on any atom is 0.0456 e. The van der Waals surface area contributed by atoms with Gasteiger partial charge in [0.25, 0.3) is 0 Å². The summed E-state index contributed by atoms with van der Waals surface area (Å²) in [6.45, 7) is 5.58. The molecular weight excluding hydrogens is 232 g/mol. The molecule has 2 unspecified atom stereocenters. The van der Waals surface area contributed by atoms with Crippen LogP contribution in [0.4, 0.5) is 5.69 Å². The van der Waals surface area contributed by atoms with E-state index in [0.717, 1.165) is 36.5 Å². The lowest BCUT2D eigenvalue weighted by atomic mass is 9.76. The SMILES string of the molecule is Cc1c(Cl)ccc2c1N(C)CC1CNCCC21. The van der Waals surface area contributed by atoms with Crippen LogP contribution in [0, 0.1) is 12.8 Å². The number of piperidine rings is 1. The second-order valence-corrected chi connectivity index (χ2v) is 5.76. The highest BCUT2D eigenvalue weighted by atomic mass is 35.5. The molecule has 1 aromatic carbocycles. The van der Waals surface area contributed by atoms with Crippen molar-refractivity contribution in [2.75, 3.05) is 31.6 Å². The lowest BCUT2D eigenvalue weighted by Crippen LogP contribution is -2.45. The standard InChI is InChI=1S/C14H19ClN2/c1-9-13(15)4-3-12-11-5-6-16-7-10(11)8-17(2)14(9)12/h3-4,10-11,16H,5-8H2,1-2H3. The van der Waals surface area contributed by atoms with Crippen LogP contribution in [0.15, 0.2) is 12.1 Å². The zero-order chi connectivity index (χ0) is 12.0. The van der Waals surface area contributed by atoms with Gasteiger partial charge in [0.2, 0.25) is 0 Å². The molecule has 1 aromatic rings. The topological polar surface area (TPSA) is 15.3 Å². The van der Waals surface area contributed by atoms with Gasteiger partial charge in [-0.15, -0.1) is 0 Å². The summed E-state index contributed by atoms with van der Waals surface area (Å²) in [5.74, 6) is 1.47. The van der Waals surface area contributed by atoms with Crippen LogP contribution in [0.5, 0.6) is 0 Å². The fourth-order valence-electron chi connectivity index (χ4n) is 3.47. The van der Waals surface area contributed by atoms with Gasteiger partial charge in [0.05, 0.1) is 0 Å². The van der Waals surface area contributed by atoms with Crippen LogP contribution in [0.3, 0.4) is 0 Å². The Labute approximate surface area is 108 Å². The number of nitrogens with one attached hydrogen (secondary N) is 1. The number of benzene rings is 1. The normalized spacial score (nSPS) is 27.6. The first-order valence-corrected chi connectivity index (χ1v) is 6.77. The third-order valence-corrected chi connectivity index (χ3v) is 4.70. The highest BCUT2D eigenvalue weighted by molar-refractivity contribution is 6.31. The molecule has 0 aromatic heterocycles. The van der Waals surface area contributed by atoms with E-state index in [2.05, 4.69) is 36.3 Å². The van der Waals surface area contributed by atoms with Gasteiger partial charge in [-0.3, -0.25) is 0 Å². The highest BCUT2D eigenvalue weighted by Crippen LogP contribution is 2.44. The molecule has 0 bridgehead atoms. The maximum absolute atomic E-state index is 6.25. The molecule has 2 heterocycles. The molecule has 2 aliphatic heterocycles. The van der Waals surface area contributed by atoms with E-state index in [1.807, 2.05) is 0 Å². The summed E-state index contributed by atoms with van der Waals surface area (Å²) < 4.78 is 0. The molecule has 0 amide bonds. The predicted octanol–water partition coefficient (Wildman–Crippen LogP) is 2.79. The fraction of sp³-hybridized carbons (Fsp3) is 0.571. The zero-order valence-electron chi connectivity index (χ0n) is 10.5. The molecule has 2 aliphatic rings. The molecule has 0 radical (unpaired) electrons. The average molecular weight is 251 g/mol. The quantitative estimate of drug-likeness (QED) is 0.762. The van der Waals surface area contributed by atoms with Gasteiger partial charge in [-0.05, 0) is 48.9 Å². The summed E-state index contributed by atoms with van der Waals surface area (Å²) in [6, 6.07) is 4.30. The van der Waals surface area contributed by atoms with Crippen molar-refractivity contribution in [3.63, 3.8) is 0 Å². The third-order valence-electron chi connectivity index (χ3n) is 4.29. The van der Waals surface area contributed by atoms with Crippen molar-refractivity contribution in [1.82, 2.24) is 5.32 Å². The van der Waals surface area contributed by atoms with Crippen molar-refractivity contribution < 1.29 is 0 Å². The Balaban J connectivity index is 2.11. The lowest BCUT2D eigenvalue weighted by molar-refractivity contribution is 0.318. The first-order chi connectivity index (χ1) is 8.18. The van der Waals surface area contributed by atoms with E-state index < -0.39 is 0 Å². The van der Waals surface area contributed by atoms with Crippen LogP contribution in [-0.4, -0.2) is 26.7 Å². The van der Waals surface area contributed by atoms with E-state index >= 15 is 0 Å². The van der Waals surface area contributed by atoms with Crippen molar-refractivity contribution in [1.29, 1.82) is 0 Å². The molecule has 3 heteroatoms. The third kappa shape index (κ3) is 1.74. The van der Waals surface area contributed by atoms with Gasteiger partial charge in [-0.2, -0.15) is 0 Å². The number of nitrogens with zero attached hydrogens (tertiary/aromatic N) is 1.